The lowest BCUT2D eigenvalue weighted by molar-refractivity contribution is -0.120. The number of fused-ring (bicyclic) bond motifs is 1. The lowest BCUT2D eigenvalue weighted by atomic mass is 9.92. The van der Waals surface area contributed by atoms with Gasteiger partial charge in [0.15, 0.2) is 11.5 Å². The molecule has 0 radical (unpaired) electrons. The first-order valence-electron chi connectivity index (χ1n) is 13.9. The molecule has 9 heteroatoms. The molecule has 37 heavy (non-hydrogen) atoms. The fourth-order valence-electron chi connectivity index (χ4n) is 5.54. The number of likely N-dealkylation sites (tertiary alicyclic amines) is 1. The van der Waals surface area contributed by atoms with Crippen molar-refractivity contribution in [3.8, 4) is 11.5 Å². The van der Waals surface area contributed by atoms with Crippen molar-refractivity contribution in [3.05, 3.63) is 12.1 Å². The summed E-state index contributed by atoms with van der Waals surface area (Å²) in [5.74, 6) is 2.89. The van der Waals surface area contributed by atoms with Gasteiger partial charge >= 0.3 is 0 Å². The maximum Gasteiger partial charge on any atom is 0.227 e. The molecule has 1 aliphatic carbocycles. The maximum absolute atomic E-state index is 11.5. The molecule has 1 aliphatic heterocycles. The van der Waals surface area contributed by atoms with E-state index in [0.29, 0.717) is 36.5 Å². The zero-order valence-electron chi connectivity index (χ0n) is 23.0. The van der Waals surface area contributed by atoms with Gasteiger partial charge in [0, 0.05) is 63.2 Å². The van der Waals surface area contributed by atoms with E-state index in [1.165, 1.54) is 32.1 Å². The van der Waals surface area contributed by atoms with Gasteiger partial charge in [-0.05, 0) is 38.2 Å². The Balaban J connectivity index is 1.50. The Kier molecular flexibility index (Phi) is 9.66. The number of carbonyl (C=O) groups is 1. The van der Waals surface area contributed by atoms with Gasteiger partial charge in [-0.3, -0.25) is 4.79 Å². The lowest BCUT2D eigenvalue weighted by Crippen LogP contribution is -2.45. The van der Waals surface area contributed by atoms with E-state index in [1.54, 1.807) is 14.2 Å². The highest BCUT2D eigenvalue weighted by Gasteiger charge is 2.27. The fraction of sp³-hybridized carbons (Fsp3) is 0.679. The third kappa shape index (κ3) is 6.94. The molecule has 4 rings (SSSR count). The van der Waals surface area contributed by atoms with Gasteiger partial charge in [-0.15, -0.1) is 0 Å². The molecule has 2 heterocycles. The summed E-state index contributed by atoms with van der Waals surface area (Å²) < 4.78 is 11.1. The van der Waals surface area contributed by atoms with Crippen molar-refractivity contribution in [1.29, 1.82) is 0 Å². The minimum atomic E-state index is 0.0756. The number of nitrogens with one attached hydrogen (secondary N) is 2. The van der Waals surface area contributed by atoms with E-state index in [2.05, 4.69) is 15.5 Å². The van der Waals surface area contributed by atoms with Crippen LogP contribution in [0.3, 0.4) is 0 Å². The van der Waals surface area contributed by atoms with Gasteiger partial charge in [0.1, 0.15) is 5.82 Å². The molecule has 0 spiro atoms. The van der Waals surface area contributed by atoms with Crippen molar-refractivity contribution < 1.29 is 14.3 Å². The molecular formula is C28H44N6O3. The van der Waals surface area contributed by atoms with Gasteiger partial charge in [-0.1, -0.05) is 26.2 Å². The number of hydrogen-bond donors (Lipinski definition) is 2. The van der Waals surface area contributed by atoms with Crippen molar-refractivity contribution in [1.82, 2.24) is 20.2 Å². The van der Waals surface area contributed by atoms with Crippen LogP contribution < -0.4 is 25.0 Å². The van der Waals surface area contributed by atoms with Crippen LogP contribution in [0.25, 0.3) is 10.9 Å². The highest BCUT2D eigenvalue weighted by Crippen LogP contribution is 2.36. The molecule has 2 aromatic rings. The van der Waals surface area contributed by atoms with Crippen LogP contribution in [0.1, 0.15) is 64.7 Å². The number of ether oxygens (including phenoxy) is 2. The maximum atomic E-state index is 11.5. The fourth-order valence-corrected chi connectivity index (χ4v) is 5.54. The number of nitrogens with zero attached hydrogens (tertiary/aromatic N) is 4. The summed E-state index contributed by atoms with van der Waals surface area (Å²) in [5.41, 5.74) is 0.816. The Hall–Kier alpha value is -2.81. The highest BCUT2D eigenvalue weighted by atomic mass is 16.5. The predicted octanol–water partition coefficient (Wildman–Crippen LogP) is 4.21. The quantitative estimate of drug-likeness (QED) is 0.433. The lowest BCUT2D eigenvalue weighted by Gasteiger charge is -2.39. The third-order valence-corrected chi connectivity index (χ3v) is 7.81. The molecule has 0 atom stereocenters. The molecule has 9 nitrogen and oxygen atoms in total. The summed E-state index contributed by atoms with van der Waals surface area (Å²) >= 11 is 0. The second-order valence-corrected chi connectivity index (χ2v) is 10.3. The Morgan fingerprint density at radius 1 is 1.05 bits per heavy atom. The Bertz CT molecular complexity index is 1030. The molecule has 2 fully saturated rings. The number of carbonyl (C=O) groups excluding carboxylic acids is 1. The van der Waals surface area contributed by atoms with Crippen molar-refractivity contribution >= 4 is 28.6 Å². The molecule has 2 N–H and O–H groups in total. The Labute approximate surface area is 221 Å². The summed E-state index contributed by atoms with van der Waals surface area (Å²) in [5, 5.41) is 7.63. The smallest absolute Gasteiger partial charge is 0.227 e. The van der Waals surface area contributed by atoms with Gasteiger partial charge < -0.3 is 29.9 Å². The van der Waals surface area contributed by atoms with Crippen LogP contribution in [0, 0.1) is 0 Å². The Morgan fingerprint density at radius 3 is 2.43 bits per heavy atom. The molecule has 1 saturated heterocycles. The van der Waals surface area contributed by atoms with Gasteiger partial charge in [-0.25, -0.2) is 4.98 Å². The predicted molar refractivity (Wildman–Crippen MR) is 149 cm³/mol. The van der Waals surface area contributed by atoms with Crippen LogP contribution in [-0.2, 0) is 4.79 Å². The largest absolute Gasteiger partial charge is 0.493 e. The van der Waals surface area contributed by atoms with Crippen molar-refractivity contribution in [2.24, 2.45) is 0 Å². The van der Waals surface area contributed by atoms with E-state index in [1.807, 2.05) is 31.0 Å². The number of rotatable bonds is 11. The number of benzene rings is 1. The number of hydrogen-bond acceptors (Lipinski definition) is 8. The van der Waals surface area contributed by atoms with E-state index in [4.69, 9.17) is 19.4 Å². The summed E-state index contributed by atoms with van der Waals surface area (Å²) in [6.45, 7) is 5.52. The first-order chi connectivity index (χ1) is 18.0. The zero-order valence-corrected chi connectivity index (χ0v) is 23.0. The van der Waals surface area contributed by atoms with Crippen LogP contribution in [-0.4, -0.2) is 80.3 Å². The van der Waals surface area contributed by atoms with Crippen LogP contribution in [0.5, 0.6) is 11.5 Å². The average Bonchev–Trinajstić information content (AvgIpc) is 2.95. The highest BCUT2D eigenvalue weighted by molar-refractivity contribution is 5.93. The second kappa shape index (κ2) is 13.1. The van der Waals surface area contributed by atoms with Crippen LogP contribution in [0.15, 0.2) is 12.1 Å². The molecule has 1 aromatic heterocycles. The van der Waals surface area contributed by atoms with Crippen LogP contribution >= 0.6 is 0 Å². The van der Waals surface area contributed by atoms with Gasteiger partial charge in [-0.2, -0.15) is 4.98 Å². The van der Waals surface area contributed by atoms with E-state index in [0.717, 1.165) is 61.7 Å². The molecule has 204 valence electrons. The molecule has 0 unspecified atom stereocenters. The van der Waals surface area contributed by atoms with E-state index < -0.39 is 0 Å². The third-order valence-electron chi connectivity index (χ3n) is 7.81. The van der Waals surface area contributed by atoms with Crippen LogP contribution in [0.2, 0.25) is 0 Å². The topological polar surface area (TPSA) is 91.9 Å². The first kappa shape index (κ1) is 27.2. The van der Waals surface area contributed by atoms with E-state index in [9.17, 15) is 4.79 Å². The number of amides is 1. The number of aromatic nitrogens is 2. The Morgan fingerprint density at radius 2 is 1.76 bits per heavy atom. The number of methoxy groups -OCH3 is 2. The first-order valence-corrected chi connectivity index (χ1v) is 13.9. The van der Waals surface area contributed by atoms with Crippen molar-refractivity contribution in [2.45, 2.75) is 76.8 Å². The zero-order chi connectivity index (χ0) is 26.2. The second-order valence-electron chi connectivity index (χ2n) is 10.3. The standard InChI is InChI=1S/C28H44N6O3/c1-5-26(35)29-14-9-15-33(2)28-31-23-19-25(37-4)24(36-3)18-22(23)27(32-28)30-20-12-16-34(17-13-20)21-10-7-6-8-11-21/h18-21H,5-17H2,1-4H3,(H,29,35)(H,30,31,32). The molecule has 2 aliphatic rings. The van der Waals surface area contributed by atoms with E-state index in [-0.39, 0.29) is 5.91 Å². The summed E-state index contributed by atoms with van der Waals surface area (Å²) in [7, 11) is 5.29. The summed E-state index contributed by atoms with van der Waals surface area (Å²) in [6, 6.07) is 5.03. The molecular weight excluding hydrogens is 468 g/mol. The SMILES string of the molecule is CCC(=O)NCCCN(C)c1nc(NC2CCN(C3CCCCC3)CC2)c2cc(OC)c(OC)cc2n1. The minimum absolute atomic E-state index is 0.0756. The molecule has 1 amide bonds. The van der Waals surface area contributed by atoms with Crippen molar-refractivity contribution in [2.75, 3.05) is 57.7 Å². The monoisotopic (exact) mass is 512 g/mol. The average molecular weight is 513 g/mol. The van der Waals surface area contributed by atoms with Crippen molar-refractivity contribution in [3.63, 3.8) is 0 Å². The summed E-state index contributed by atoms with van der Waals surface area (Å²) in [4.78, 5) is 26.1. The van der Waals surface area contributed by atoms with E-state index >= 15 is 0 Å². The minimum Gasteiger partial charge on any atom is -0.493 e. The number of anilines is 2. The van der Waals surface area contributed by atoms with Crippen LogP contribution in [0.4, 0.5) is 11.8 Å². The van der Waals surface area contributed by atoms with Gasteiger partial charge in [0.05, 0.1) is 19.7 Å². The molecule has 1 aromatic carbocycles. The van der Waals surface area contributed by atoms with Gasteiger partial charge in [0.25, 0.3) is 0 Å². The summed E-state index contributed by atoms with van der Waals surface area (Å²) in [6.07, 6.45) is 10.4. The molecule has 0 bridgehead atoms. The normalized spacial score (nSPS) is 17.5. The molecule has 1 saturated carbocycles. The number of piperidine rings is 1. The van der Waals surface area contributed by atoms with Gasteiger partial charge in [0.2, 0.25) is 11.9 Å².